The van der Waals surface area contributed by atoms with Crippen LogP contribution in [0.5, 0.6) is 0 Å². The minimum absolute atomic E-state index is 0.0193. The highest BCUT2D eigenvalue weighted by Gasteiger charge is 2.57. The summed E-state index contributed by atoms with van der Waals surface area (Å²) in [5.41, 5.74) is -1.35. The number of hydrogen-bond acceptors (Lipinski definition) is 2. The van der Waals surface area contributed by atoms with Crippen LogP contribution in [0.2, 0.25) is 0 Å². The number of carbonyl (C=O) groups is 1. The summed E-state index contributed by atoms with van der Waals surface area (Å²) >= 11 is 0. The zero-order valence-electron chi connectivity index (χ0n) is 19.3. The quantitative estimate of drug-likeness (QED) is 0.529. The Kier molecular flexibility index (Phi) is 7.81. The number of rotatable bonds is 4. The Morgan fingerprint density at radius 2 is 1.36 bits per heavy atom. The first-order valence-corrected chi connectivity index (χ1v) is 11.7. The van der Waals surface area contributed by atoms with Crippen LogP contribution < -0.4 is 5.32 Å². The standard InChI is InChI=1S/C25H45NO2/c1-7-23(5,6)20-24(19-22(2,3)4)21(27)26-25(28-24)17-15-13-11-9-8-10-12-14-16-18-25/h7H,1,8-20H2,2-6H3,(H,26,27). The van der Waals surface area contributed by atoms with Gasteiger partial charge in [-0.25, -0.2) is 0 Å². The Hall–Kier alpha value is -0.830. The van der Waals surface area contributed by atoms with E-state index in [0.717, 1.165) is 32.1 Å². The molecule has 3 nitrogen and oxygen atoms in total. The van der Waals surface area contributed by atoms with Crippen molar-refractivity contribution in [1.29, 1.82) is 0 Å². The normalized spacial score (nSPS) is 27.7. The van der Waals surface area contributed by atoms with Crippen LogP contribution in [-0.4, -0.2) is 17.2 Å². The fourth-order valence-electron chi connectivity index (χ4n) is 5.14. The van der Waals surface area contributed by atoms with Crippen LogP contribution in [0.15, 0.2) is 12.7 Å². The first-order valence-electron chi connectivity index (χ1n) is 11.7. The van der Waals surface area contributed by atoms with Crippen molar-refractivity contribution in [3.63, 3.8) is 0 Å². The molecule has 1 N–H and O–H groups in total. The van der Waals surface area contributed by atoms with E-state index in [1.165, 1.54) is 44.9 Å². The molecule has 1 saturated heterocycles. The van der Waals surface area contributed by atoms with E-state index in [2.05, 4.69) is 46.5 Å². The van der Waals surface area contributed by atoms with Crippen LogP contribution >= 0.6 is 0 Å². The van der Waals surface area contributed by atoms with Crippen molar-refractivity contribution in [3.05, 3.63) is 12.7 Å². The molecule has 1 saturated carbocycles. The van der Waals surface area contributed by atoms with E-state index in [-0.39, 0.29) is 16.7 Å². The average molecular weight is 392 g/mol. The second-order valence-electron chi connectivity index (χ2n) is 11.3. The maximum atomic E-state index is 13.4. The summed E-state index contributed by atoms with van der Waals surface area (Å²) in [6.07, 6.45) is 16.7. The van der Waals surface area contributed by atoms with Crippen LogP contribution in [0.3, 0.4) is 0 Å². The van der Waals surface area contributed by atoms with Gasteiger partial charge in [0.05, 0.1) is 0 Å². The van der Waals surface area contributed by atoms with Gasteiger partial charge in [0.1, 0.15) is 5.72 Å². The molecule has 0 radical (unpaired) electrons. The molecule has 0 aromatic heterocycles. The summed E-state index contributed by atoms with van der Waals surface area (Å²) in [6, 6.07) is 0. The number of ether oxygens (including phenoxy) is 1. The lowest BCUT2D eigenvalue weighted by Crippen LogP contribution is -2.45. The fourth-order valence-corrected chi connectivity index (χ4v) is 5.14. The van der Waals surface area contributed by atoms with E-state index in [1.54, 1.807) is 0 Å². The van der Waals surface area contributed by atoms with Crippen molar-refractivity contribution >= 4 is 5.91 Å². The number of hydrogen-bond donors (Lipinski definition) is 1. The smallest absolute Gasteiger partial charge is 0.254 e. The molecular formula is C25H45NO2. The molecule has 0 bridgehead atoms. The van der Waals surface area contributed by atoms with E-state index in [0.29, 0.717) is 6.42 Å². The zero-order valence-corrected chi connectivity index (χ0v) is 19.3. The summed E-state index contributed by atoms with van der Waals surface area (Å²) in [4.78, 5) is 13.4. The van der Waals surface area contributed by atoms with Gasteiger partial charge in [0.25, 0.3) is 5.91 Å². The number of allylic oxidation sites excluding steroid dienone is 1. The lowest BCUT2D eigenvalue weighted by Gasteiger charge is -2.39. The largest absolute Gasteiger partial charge is 0.339 e. The lowest BCUT2D eigenvalue weighted by molar-refractivity contribution is -0.157. The minimum atomic E-state index is -0.757. The second kappa shape index (κ2) is 9.32. The Morgan fingerprint density at radius 1 is 0.893 bits per heavy atom. The molecule has 2 aliphatic rings. The third-order valence-electron chi connectivity index (χ3n) is 6.42. The molecule has 2 fully saturated rings. The molecule has 1 heterocycles. The van der Waals surface area contributed by atoms with Gasteiger partial charge in [-0.1, -0.05) is 85.6 Å². The molecule has 1 aliphatic carbocycles. The van der Waals surface area contributed by atoms with Crippen LogP contribution in [0, 0.1) is 10.8 Å². The minimum Gasteiger partial charge on any atom is -0.339 e. The fraction of sp³-hybridized carbons (Fsp3) is 0.880. The Morgan fingerprint density at radius 3 is 1.79 bits per heavy atom. The molecule has 162 valence electrons. The van der Waals surface area contributed by atoms with Gasteiger partial charge in [-0.3, -0.25) is 4.79 Å². The highest BCUT2D eigenvalue weighted by molar-refractivity contribution is 5.88. The average Bonchev–Trinajstić information content (AvgIpc) is 2.80. The van der Waals surface area contributed by atoms with Crippen molar-refractivity contribution in [2.24, 2.45) is 10.8 Å². The van der Waals surface area contributed by atoms with E-state index in [1.807, 2.05) is 6.08 Å². The Labute approximate surface area is 174 Å². The molecule has 3 heteroatoms. The first-order chi connectivity index (χ1) is 13.0. The number of nitrogens with one attached hydrogen (secondary N) is 1. The van der Waals surface area contributed by atoms with Crippen molar-refractivity contribution in [3.8, 4) is 0 Å². The molecule has 1 aliphatic heterocycles. The van der Waals surface area contributed by atoms with Crippen molar-refractivity contribution < 1.29 is 9.53 Å². The molecule has 1 unspecified atom stereocenters. The lowest BCUT2D eigenvalue weighted by atomic mass is 9.73. The SMILES string of the molecule is C=CC(C)(C)CC1(CC(C)(C)C)OC2(CCCCCCCCCCC2)NC1=O. The van der Waals surface area contributed by atoms with Gasteiger partial charge in [0, 0.05) is 0 Å². The summed E-state index contributed by atoms with van der Waals surface area (Å²) in [5, 5.41) is 3.39. The molecule has 1 atom stereocenters. The second-order valence-corrected chi connectivity index (χ2v) is 11.3. The van der Waals surface area contributed by atoms with Gasteiger partial charge in [-0.05, 0) is 49.4 Å². The van der Waals surface area contributed by atoms with Crippen molar-refractivity contribution in [2.45, 2.75) is 129 Å². The predicted molar refractivity (Wildman–Crippen MR) is 118 cm³/mol. The van der Waals surface area contributed by atoms with Gasteiger partial charge in [0.15, 0.2) is 5.60 Å². The van der Waals surface area contributed by atoms with Gasteiger partial charge >= 0.3 is 0 Å². The molecule has 1 amide bonds. The van der Waals surface area contributed by atoms with E-state index in [4.69, 9.17) is 4.74 Å². The summed E-state index contributed by atoms with van der Waals surface area (Å²) in [6.45, 7) is 15.0. The van der Waals surface area contributed by atoms with Crippen LogP contribution in [-0.2, 0) is 9.53 Å². The van der Waals surface area contributed by atoms with Gasteiger partial charge in [0.2, 0.25) is 0 Å². The zero-order chi connectivity index (χ0) is 20.9. The van der Waals surface area contributed by atoms with Gasteiger partial charge in [-0.2, -0.15) is 0 Å². The summed E-state index contributed by atoms with van der Waals surface area (Å²) in [5.74, 6) is 0.101. The molecule has 28 heavy (non-hydrogen) atoms. The van der Waals surface area contributed by atoms with Gasteiger partial charge in [-0.15, -0.1) is 6.58 Å². The van der Waals surface area contributed by atoms with E-state index < -0.39 is 11.3 Å². The highest BCUT2D eigenvalue weighted by atomic mass is 16.6. The van der Waals surface area contributed by atoms with E-state index >= 15 is 0 Å². The first kappa shape index (κ1) is 23.4. The summed E-state index contributed by atoms with van der Waals surface area (Å²) < 4.78 is 6.90. The Balaban J connectivity index is 2.26. The maximum Gasteiger partial charge on any atom is 0.254 e. The number of amides is 1. The van der Waals surface area contributed by atoms with Crippen molar-refractivity contribution in [1.82, 2.24) is 5.32 Å². The number of carbonyl (C=O) groups excluding carboxylic acids is 1. The van der Waals surface area contributed by atoms with Crippen molar-refractivity contribution in [2.75, 3.05) is 0 Å². The monoisotopic (exact) mass is 391 g/mol. The topological polar surface area (TPSA) is 38.3 Å². The summed E-state index contributed by atoms with van der Waals surface area (Å²) in [7, 11) is 0. The maximum absolute atomic E-state index is 13.4. The van der Waals surface area contributed by atoms with Crippen LogP contribution in [0.1, 0.15) is 118 Å². The van der Waals surface area contributed by atoms with Gasteiger partial charge < -0.3 is 10.1 Å². The molecule has 1 spiro atoms. The third kappa shape index (κ3) is 6.61. The molecule has 2 rings (SSSR count). The molecule has 0 aromatic rings. The van der Waals surface area contributed by atoms with Crippen LogP contribution in [0.25, 0.3) is 0 Å². The highest BCUT2D eigenvalue weighted by Crippen LogP contribution is 2.47. The third-order valence-corrected chi connectivity index (χ3v) is 6.42. The van der Waals surface area contributed by atoms with E-state index in [9.17, 15) is 4.79 Å². The Bertz CT molecular complexity index is 519. The predicted octanol–water partition coefficient (Wildman–Crippen LogP) is 6.91. The van der Waals surface area contributed by atoms with Crippen LogP contribution in [0.4, 0.5) is 0 Å². The molecule has 0 aromatic carbocycles. The molecular weight excluding hydrogens is 346 g/mol.